The summed E-state index contributed by atoms with van der Waals surface area (Å²) in [5.41, 5.74) is 6.83. The number of nitrogens with one attached hydrogen (secondary N) is 1. The van der Waals surface area contributed by atoms with Crippen molar-refractivity contribution >= 4 is 23.0 Å². The molecule has 2 aromatic rings. The summed E-state index contributed by atoms with van der Waals surface area (Å²) < 4.78 is 5.29. The van der Waals surface area contributed by atoms with Gasteiger partial charge >= 0.3 is 0 Å². The summed E-state index contributed by atoms with van der Waals surface area (Å²) in [5.74, 6) is 1.77. The number of aromatic nitrogens is 3. The average Bonchev–Trinajstić information content (AvgIpc) is 2.81. The lowest BCUT2D eigenvalue weighted by molar-refractivity contribution is 0.128. The zero-order valence-corrected chi connectivity index (χ0v) is 12.5. The van der Waals surface area contributed by atoms with Crippen molar-refractivity contribution in [3.63, 3.8) is 0 Å². The molecule has 0 aliphatic carbocycles. The molecule has 0 saturated carbocycles. The topological polar surface area (TPSA) is 86.0 Å². The molecule has 108 valence electrons. The van der Waals surface area contributed by atoms with Gasteiger partial charge in [0.25, 0.3) is 0 Å². The van der Waals surface area contributed by atoms with Crippen molar-refractivity contribution in [2.24, 2.45) is 0 Å². The van der Waals surface area contributed by atoms with Crippen molar-refractivity contribution in [1.29, 1.82) is 0 Å². The third-order valence-electron chi connectivity index (χ3n) is 2.54. The van der Waals surface area contributed by atoms with Crippen LogP contribution in [0.3, 0.4) is 0 Å². The van der Waals surface area contributed by atoms with Gasteiger partial charge in [-0.1, -0.05) is 0 Å². The molecule has 6 nitrogen and oxygen atoms in total. The van der Waals surface area contributed by atoms with Crippen LogP contribution in [-0.2, 0) is 17.8 Å². The summed E-state index contributed by atoms with van der Waals surface area (Å²) in [6.07, 6.45) is 0.864. The van der Waals surface area contributed by atoms with Crippen LogP contribution in [0.1, 0.15) is 23.4 Å². The molecule has 0 atom stereocenters. The molecule has 0 saturated heterocycles. The Balaban J connectivity index is 1.89. The van der Waals surface area contributed by atoms with Crippen LogP contribution in [0.25, 0.3) is 0 Å². The molecule has 0 amide bonds. The number of ether oxygens (including phenoxy) is 1. The molecule has 0 spiro atoms. The van der Waals surface area contributed by atoms with Crippen LogP contribution in [-0.4, -0.2) is 28.1 Å². The molecule has 0 bridgehead atoms. The van der Waals surface area contributed by atoms with Gasteiger partial charge < -0.3 is 15.8 Å². The van der Waals surface area contributed by atoms with E-state index in [0.29, 0.717) is 24.9 Å². The van der Waals surface area contributed by atoms with Crippen molar-refractivity contribution in [3.8, 4) is 0 Å². The predicted molar refractivity (Wildman–Crippen MR) is 80.8 cm³/mol. The number of nitrogens with two attached hydrogens (primary N) is 1. The maximum absolute atomic E-state index is 5.76. The highest BCUT2D eigenvalue weighted by Crippen LogP contribution is 2.11. The first kappa shape index (κ1) is 14.7. The van der Waals surface area contributed by atoms with Crippen molar-refractivity contribution in [2.45, 2.75) is 26.9 Å². The highest BCUT2D eigenvalue weighted by Gasteiger charge is 2.04. The molecule has 0 fully saturated rings. The molecular formula is C13H19N5OS. The zero-order chi connectivity index (χ0) is 14.4. The average molecular weight is 293 g/mol. The van der Waals surface area contributed by atoms with E-state index in [1.807, 2.05) is 13.8 Å². The Kier molecular flexibility index (Phi) is 5.25. The summed E-state index contributed by atoms with van der Waals surface area (Å²) in [4.78, 5) is 12.9. The zero-order valence-electron chi connectivity index (χ0n) is 11.7. The minimum atomic E-state index is 0.377. The van der Waals surface area contributed by atoms with E-state index in [0.717, 1.165) is 29.5 Å². The van der Waals surface area contributed by atoms with Gasteiger partial charge in [-0.05, 0) is 13.8 Å². The van der Waals surface area contributed by atoms with Gasteiger partial charge in [-0.25, -0.2) is 15.0 Å². The molecule has 0 aliphatic heterocycles. The van der Waals surface area contributed by atoms with Crippen LogP contribution >= 0.6 is 11.3 Å². The van der Waals surface area contributed by atoms with Gasteiger partial charge in [0.2, 0.25) is 0 Å². The summed E-state index contributed by atoms with van der Waals surface area (Å²) >= 11 is 1.67. The summed E-state index contributed by atoms with van der Waals surface area (Å²) in [7, 11) is 0. The van der Waals surface area contributed by atoms with E-state index in [9.17, 15) is 0 Å². The Bertz CT molecular complexity index is 557. The summed E-state index contributed by atoms with van der Waals surface area (Å²) in [5, 5.41) is 6.41. The monoisotopic (exact) mass is 293 g/mol. The lowest BCUT2D eigenvalue weighted by Gasteiger charge is -2.07. The number of rotatable bonds is 7. The van der Waals surface area contributed by atoms with E-state index < -0.39 is 0 Å². The maximum atomic E-state index is 5.76. The molecule has 2 rings (SSSR count). The maximum Gasteiger partial charge on any atom is 0.158 e. The normalized spacial score (nSPS) is 10.7. The van der Waals surface area contributed by atoms with Crippen LogP contribution in [0.5, 0.6) is 0 Å². The first-order chi connectivity index (χ1) is 9.67. The summed E-state index contributed by atoms with van der Waals surface area (Å²) in [6, 6.07) is 1.72. The quantitative estimate of drug-likeness (QED) is 0.812. The van der Waals surface area contributed by atoms with Crippen LogP contribution in [0.15, 0.2) is 11.4 Å². The Morgan fingerprint density at radius 2 is 2.20 bits per heavy atom. The number of aryl methyl sites for hydroxylation is 1. The molecule has 7 heteroatoms. The number of hydrogen-bond acceptors (Lipinski definition) is 7. The third-order valence-corrected chi connectivity index (χ3v) is 3.57. The van der Waals surface area contributed by atoms with Gasteiger partial charge in [0.15, 0.2) is 5.82 Å². The highest BCUT2D eigenvalue weighted by atomic mass is 32.1. The molecule has 0 aromatic carbocycles. The van der Waals surface area contributed by atoms with Crippen molar-refractivity contribution in [1.82, 2.24) is 15.0 Å². The minimum Gasteiger partial charge on any atom is -0.384 e. The number of thiazole rings is 1. The van der Waals surface area contributed by atoms with E-state index in [1.54, 1.807) is 17.4 Å². The van der Waals surface area contributed by atoms with E-state index >= 15 is 0 Å². The van der Waals surface area contributed by atoms with E-state index in [4.69, 9.17) is 10.5 Å². The van der Waals surface area contributed by atoms with Crippen molar-refractivity contribution in [2.75, 3.05) is 24.2 Å². The van der Waals surface area contributed by atoms with Gasteiger partial charge in [0.05, 0.1) is 5.01 Å². The van der Waals surface area contributed by atoms with Crippen LogP contribution < -0.4 is 11.1 Å². The SMILES string of the molecule is CCOCc1nc(N)cc(NCCc2nc(C)cs2)n1. The fourth-order valence-electron chi connectivity index (χ4n) is 1.68. The number of hydrogen-bond donors (Lipinski definition) is 2. The molecule has 0 aliphatic rings. The minimum absolute atomic E-state index is 0.377. The van der Waals surface area contributed by atoms with Gasteiger partial charge in [-0.2, -0.15) is 0 Å². The largest absolute Gasteiger partial charge is 0.384 e. The fraction of sp³-hybridized carbons (Fsp3) is 0.462. The first-order valence-corrected chi connectivity index (χ1v) is 7.41. The first-order valence-electron chi connectivity index (χ1n) is 6.53. The molecule has 2 aromatic heterocycles. The molecular weight excluding hydrogens is 274 g/mol. The predicted octanol–water partition coefficient (Wildman–Crippen LogP) is 2.01. The third kappa shape index (κ3) is 4.43. The Labute approximate surface area is 122 Å². The molecule has 20 heavy (non-hydrogen) atoms. The summed E-state index contributed by atoms with van der Waals surface area (Å²) in [6.45, 7) is 5.70. The number of nitrogen functional groups attached to an aromatic ring is 1. The van der Waals surface area contributed by atoms with Gasteiger partial charge in [0, 0.05) is 36.7 Å². The van der Waals surface area contributed by atoms with Gasteiger partial charge in [-0.3, -0.25) is 0 Å². The Morgan fingerprint density at radius 1 is 1.35 bits per heavy atom. The van der Waals surface area contributed by atoms with Crippen LogP contribution in [0.2, 0.25) is 0 Å². The van der Waals surface area contributed by atoms with Crippen molar-refractivity contribution < 1.29 is 4.74 Å². The van der Waals surface area contributed by atoms with Crippen LogP contribution in [0.4, 0.5) is 11.6 Å². The van der Waals surface area contributed by atoms with E-state index in [1.165, 1.54) is 0 Å². The fourth-order valence-corrected chi connectivity index (χ4v) is 2.46. The second kappa shape index (κ2) is 7.16. The second-order valence-corrected chi connectivity index (χ2v) is 5.23. The smallest absolute Gasteiger partial charge is 0.158 e. The molecule has 0 radical (unpaired) electrons. The lowest BCUT2D eigenvalue weighted by atomic mass is 10.4. The number of anilines is 2. The second-order valence-electron chi connectivity index (χ2n) is 4.29. The van der Waals surface area contributed by atoms with Gasteiger partial charge in [0.1, 0.15) is 18.2 Å². The molecule has 2 heterocycles. The molecule has 0 unspecified atom stereocenters. The lowest BCUT2D eigenvalue weighted by Crippen LogP contribution is -2.10. The Hall–Kier alpha value is -1.73. The van der Waals surface area contributed by atoms with E-state index in [2.05, 4.69) is 25.6 Å². The molecule has 3 N–H and O–H groups in total. The highest BCUT2D eigenvalue weighted by molar-refractivity contribution is 7.09. The standard InChI is InChI=1S/C13H19N5OS/c1-3-19-7-12-17-10(14)6-11(18-12)15-5-4-13-16-9(2)8-20-13/h6,8H,3-5,7H2,1-2H3,(H3,14,15,17,18). The number of nitrogens with zero attached hydrogens (tertiary/aromatic N) is 3. The van der Waals surface area contributed by atoms with E-state index in [-0.39, 0.29) is 0 Å². The Morgan fingerprint density at radius 3 is 2.90 bits per heavy atom. The van der Waals surface area contributed by atoms with Crippen molar-refractivity contribution in [3.05, 3.63) is 28.0 Å². The van der Waals surface area contributed by atoms with Gasteiger partial charge in [-0.15, -0.1) is 11.3 Å². The van der Waals surface area contributed by atoms with Crippen LogP contribution in [0, 0.1) is 6.92 Å².